The topological polar surface area (TPSA) is 67.3 Å². The minimum absolute atomic E-state index is 0.235. The second-order valence-electron chi connectivity index (χ2n) is 6.73. The zero-order valence-corrected chi connectivity index (χ0v) is 14.4. The van der Waals surface area contributed by atoms with Gasteiger partial charge >= 0.3 is 0 Å². The summed E-state index contributed by atoms with van der Waals surface area (Å²) in [5, 5.41) is 3.15. The van der Waals surface area contributed by atoms with Gasteiger partial charge in [-0.2, -0.15) is 0 Å². The van der Waals surface area contributed by atoms with Crippen molar-refractivity contribution in [3.8, 4) is 0 Å². The SMILES string of the molecule is CNc1ccc(CC(N)C2CCN(c3ccc(N)cc3)CC2)cc1. The van der Waals surface area contributed by atoms with Crippen LogP contribution in [0.5, 0.6) is 0 Å². The molecule has 0 bridgehead atoms. The van der Waals surface area contributed by atoms with Crippen LogP contribution in [0.3, 0.4) is 0 Å². The molecule has 2 aromatic carbocycles. The Morgan fingerprint density at radius 2 is 1.67 bits per heavy atom. The normalized spacial score (nSPS) is 16.8. The predicted molar refractivity (Wildman–Crippen MR) is 103 cm³/mol. The number of hydrogen-bond acceptors (Lipinski definition) is 4. The van der Waals surface area contributed by atoms with Gasteiger partial charge in [-0.3, -0.25) is 0 Å². The summed E-state index contributed by atoms with van der Waals surface area (Å²) in [7, 11) is 1.94. The van der Waals surface area contributed by atoms with Gasteiger partial charge in [0, 0.05) is 43.2 Å². The highest BCUT2D eigenvalue weighted by atomic mass is 15.1. The zero-order valence-electron chi connectivity index (χ0n) is 14.4. The molecule has 1 aliphatic rings. The molecule has 0 radical (unpaired) electrons. The van der Waals surface area contributed by atoms with Crippen molar-refractivity contribution in [2.75, 3.05) is 36.1 Å². The molecule has 128 valence electrons. The van der Waals surface area contributed by atoms with Gasteiger partial charge in [0.05, 0.1) is 0 Å². The summed E-state index contributed by atoms with van der Waals surface area (Å²) in [5.74, 6) is 0.596. The molecule has 24 heavy (non-hydrogen) atoms. The standard InChI is InChI=1S/C20H28N4/c1-23-18-6-2-15(3-7-18)14-20(22)16-10-12-24(13-11-16)19-8-4-17(21)5-9-19/h2-9,16,20,23H,10-14,21-22H2,1H3. The highest BCUT2D eigenvalue weighted by molar-refractivity contribution is 5.53. The molecule has 3 rings (SSSR count). The van der Waals surface area contributed by atoms with Crippen LogP contribution in [0.25, 0.3) is 0 Å². The number of piperidine rings is 1. The lowest BCUT2D eigenvalue weighted by Crippen LogP contribution is -2.42. The number of rotatable bonds is 5. The smallest absolute Gasteiger partial charge is 0.0367 e. The molecule has 1 heterocycles. The summed E-state index contributed by atoms with van der Waals surface area (Å²) in [5.41, 5.74) is 16.8. The van der Waals surface area contributed by atoms with E-state index in [1.54, 1.807) is 0 Å². The number of hydrogen-bond donors (Lipinski definition) is 3. The van der Waals surface area contributed by atoms with Crippen LogP contribution in [-0.4, -0.2) is 26.2 Å². The lowest BCUT2D eigenvalue weighted by molar-refractivity contribution is 0.338. The molecule has 4 nitrogen and oxygen atoms in total. The van der Waals surface area contributed by atoms with Gasteiger partial charge in [0.1, 0.15) is 0 Å². The Balaban J connectivity index is 1.52. The Morgan fingerprint density at radius 3 is 2.25 bits per heavy atom. The highest BCUT2D eigenvalue weighted by Gasteiger charge is 2.24. The lowest BCUT2D eigenvalue weighted by atomic mass is 9.86. The molecule has 1 unspecified atom stereocenters. The molecule has 5 N–H and O–H groups in total. The second-order valence-corrected chi connectivity index (χ2v) is 6.73. The van der Waals surface area contributed by atoms with Crippen molar-refractivity contribution in [2.24, 2.45) is 11.7 Å². The highest BCUT2D eigenvalue weighted by Crippen LogP contribution is 2.26. The first-order chi connectivity index (χ1) is 11.7. The minimum atomic E-state index is 0.235. The van der Waals surface area contributed by atoms with Crippen molar-refractivity contribution in [1.29, 1.82) is 0 Å². The van der Waals surface area contributed by atoms with Gasteiger partial charge in [-0.05, 0) is 67.1 Å². The predicted octanol–water partition coefficient (Wildman–Crippen LogP) is 3.10. The maximum absolute atomic E-state index is 6.50. The molecule has 0 aromatic heterocycles. The first-order valence-corrected chi connectivity index (χ1v) is 8.78. The molecule has 0 aliphatic carbocycles. The molecular weight excluding hydrogens is 296 g/mol. The van der Waals surface area contributed by atoms with Gasteiger partial charge in [0.15, 0.2) is 0 Å². The van der Waals surface area contributed by atoms with Gasteiger partial charge in [0.2, 0.25) is 0 Å². The third kappa shape index (κ3) is 4.01. The van der Waals surface area contributed by atoms with E-state index < -0.39 is 0 Å². The van der Waals surface area contributed by atoms with Crippen LogP contribution in [-0.2, 0) is 6.42 Å². The molecule has 0 amide bonds. The van der Waals surface area contributed by atoms with Crippen LogP contribution < -0.4 is 21.7 Å². The molecule has 1 aliphatic heterocycles. The third-order valence-electron chi connectivity index (χ3n) is 5.12. The molecule has 0 saturated carbocycles. The first-order valence-electron chi connectivity index (χ1n) is 8.78. The Hall–Kier alpha value is -2.20. The molecular formula is C20H28N4. The van der Waals surface area contributed by atoms with Gasteiger partial charge in [-0.25, -0.2) is 0 Å². The number of nitrogen functional groups attached to an aromatic ring is 1. The van der Waals surface area contributed by atoms with Gasteiger partial charge in [-0.15, -0.1) is 0 Å². The first kappa shape index (κ1) is 16.7. The van der Waals surface area contributed by atoms with E-state index in [1.165, 1.54) is 11.3 Å². The van der Waals surface area contributed by atoms with Crippen LogP contribution in [0.4, 0.5) is 17.1 Å². The Kier molecular flexibility index (Phi) is 5.26. The van der Waals surface area contributed by atoms with Crippen molar-refractivity contribution >= 4 is 17.1 Å². The molecule has 4 heteroatoms. The molecule has 2 aromatic rings. The summed E-state index contributed by atoms with van der Waals surface area (Å²) in [6, 6.07) is 17.0. The second kappa shape index (κ2) is 7.58. The summed E-state index contributed by atoms with van der Waals surface area (Å²) in [6.45, 7) is 2.14. The van der Waals surface area contributed by atoms with Crippen LogP contribution in [0.1, 0.15) is 18.4 Å². The van der Waals surface area contributed by atoms with Gasteiger partial charge in [0.25, 0.3) is 0 Å². The third-order valence-corrected chi connectivity index (χ3v) is 5.12. The van der Waals surface area contributed by atoms with Crippen molar-refractivity contribution in [3.63, 3.8) is 0 Å². The summed E-state index contributed by atoms with van der Waals surface area (Å²) in [6.07, 6.45) is 3.26. The maximum Gasteiger partial charge on any atom is 0.0367 e. The van der Waals surface area contributed by atoms with E-state index in [0.29, 0.717) is 5.92 Å². The van der Waals surface area contributed by atoms with Crippen molar-refractivity contribution in [1.82, 2.24) is 0 Å². The van der Waals surface area contributed by atoms with Crippen LogP contribution in [0.2, 0.25) is 0 Å². The lowest BCUT2D eigenvalue weighted by Gasteiger charge is -2.36. The monoisotopic (exact) mass is 324 g/mol. The average Bonchev–Trinajstić information content (AvgIpc) is 2.63. The van der Waals surface area contributed by atoms with E-state index in [2.05, 4.69) is 46.6 Å². The summed E-state index contributed by atoms with van der Waals surface area (Å²) >= 11 is 0. The number of nitrogens with two attached hydrogens (primary N) is 2. The Bertz CT molecular complexity index is 628. The minimum Gasteiger partial charge on any atom is -0.399 e. The van der Waals surface area contributed by atoms with Crippen molar-refractivity contribution in [3.05, 3.63) is 54.1 Å². The quantitative estimate of drug-likeness (QED) is 0.739. The fraction of sp³-hybridized carbons (Fsp3) is 0.400. The maximum atomic E-state index is 6.50. The Morgan fingerprint density at radius 1 is 1.04 bits per heavy atom. The number of nitrogens with zero attached hydrogens (tertiary/aromatic N) is 1. The van der Waals surface area contributed by atoms with Crippen molar-refractivity contribution < 1.29 is 0 Å². The van der Waals surface area contributed by atoms with Crippen molar-refractivity contribution in [2.45, 2.75) is 25.3 Å². The van der Waals surface area contributed by atoms with Crippen LogP contribution in [0.15, 0.2) is 48.5 Å². The van der Waals surface area contributed by atoms with E-state index in [4.69, 9.17) is 11.5 Å². The average molecular weight is 324 g/mol. The van der Waals surface area contributed by atoms with E-state index in [0.717, 1.165) is 43.7 Å². The summed E-state index contributed by atoms with van der Waals surface area (Å²) in [4.78, 5) is 2.43. The van der Waals surface area contributed by atoms with Gasteiger partial charge in [-0.1, -0.05) is 12.1 Å². The number of benzene rings is 2. The molecule has 1 saturated heterocycles. The van der Waals surface area contributed by atoms with Crippen LogP contribution in [0, 0.1) is 5.92 Å². The van der Waals surface area contributed by atoms with E-state index in [1.807, 2.05) is 19.2 Å². The largest absolute Gasteiger partial charge is 0.399 e. The molecule has 1 atom stereocenters. The van der Waals surface area contributed by atoms with Gasteiger partial charge < -0.3 is 21.7 Å². The van der Waals surface area contributed by atoms with E-state index >= 15 is 0 Å². The molecule has 0 spiro atoms. The fourth-order valence-corrected chi connectivity index (χ4v) is 3.52. The van der Waals surface area contributed by atoms with E-state index in [-0.39, 0.29) is 6.04 Å². The van der Waals surface area contributed by atoms with Crippen LogP contribution >= 0.6 is 0 Å². The Labute approximate surface area is 144 Å². The zero-order chi connectivity index (χ0) is 16.9. The van der Waals surface area contributed by atoms with E-state index in [9.17, 15) is 0 Å². The number of nitrogens with one attached hydrogen (secondary N) is 1. The number of anilines is 3. The summed E-state index contributed by atoms with van der Waals surface area (Å²) < 4.78 is 0. The fourth-order valence-electron chi connectivity index (χ4n) is 3.52. The molecule has 1 fully saturated rings.